The van der Waals surface area contributed by atoms with Gasteiger partial charge in [0.15, 0.2) is 0 Å². The lowest BCUT2D eigenvalue weighted by Crippen LogP contribution is -2.71. The number of carbonyl (C=O) groups excluding carboxylic acids is 3. The molecule has 29 heavy (non-hydrogen) atoms. The molecular formula is C20H35N3O5S. The summed E-state index contributed by atoms with van der Waals surface area (Å²) in [5.74, 6) is 0.661. The number of hydrogen-bond donors (Lipinski definition) is 1. The molecule has 0 aliphatic carbocycles. The minimum atomic E-state index is -0.876. The Labute approximate surface area is 178 Å². The number of alkyl carbamates (subject to hydrolysis) is 1. The van der Waals surface area contributed by atoms with Crippen molar-refractivity contribution in [2.24, 2.45) is 0 Å². The topological polar surface area (TPSA) is 88.2 Å². The van der Waals surface area contributed by atoms with E-state index in [4.69, 9.17) is 9.47 Å². The molecule has 1 N–H and O–H groups in total. The largest absolute Gasteiger partial charge is 0.444 e. The highest BCUT2D eigenvalue weighted by Crippen LogP contribution is 2.43. The van der Waals surface area contributed by atoms with Crippen LogP contribution in [0, 0.1) is 0 Å². The molecule has 8 nitrogen and oxygen atoms in total. The average Bonchev–Trinajstić information content (AvgIpc) is 2.92. The Morgan fingerprint density at radius 2 is 1.66 bits per heavy atom. The second-order valence-electron chi connectivity index (χ2n) is 9.72. The van der Waals surface area contributed by atoms with Crippen molar-refractivity contribution in [1.29, 1.82) is 0 Å². The number of hydrogen-bond acceptors (Lipinski definition) is 6. The van der Waals surface area contributed by atoms with E-state index in [1.807, 2.05) is 25.7 Å². The summed E-state index contributed by atoms with van der Waals surface area (Å²) < 4.78 is 11.3. The van der Waals surface area contributed by atoms with Crippen LogP contribution >= 0.6 is 11.8 Å². The Hall–Kier alpha value is -1.48. The third-order valence-corrected chi connectivity index (χ3v) is 6.09. The highest BCUT2D eigenvalue weighted by atomic mass is 32.2. The molecule has 2 saturated heterocycles. The first kappa shape index (κ1) is 23.8. The van der Waals surface area contributed by atoms with Gasteiger partial charge in [0.2, 0.25) is 11.8 Å². The quantitative estimate of drug-likeness (QED) is 0.737. The number of carbonyl (C=O) groups is 3. The second kappa shape index (κ2) is 8.34. The third-order valence-electron chi connectivity index (χ3n) is 4.69. The van der Waals surface area contributed by atoms with Gasteiger partial charge in [0.1, 0.15) is 16.5 Å². The normalized spacial score (nSPS) is 20.8. The molecule has 0 radical (unpaired) electrons. The van der Waals surface area contributed by atoms with Crippen molar-refractivity contribution < 1.29 is 23.9 Å². The number of thioether (sulfide) groups is 1. The van der Waals surface area contributed by atoms with Crippen molar-refractivity contribution in [3.8, 4) is 0 Å². The molecule has 0 unspecified atom stereocenters. The summed E-state index contributed by atoms with van der Waals surface area (Å²) in [6, 6.07) is -0.876. The van der Waals surface area contributed by atoms with Gasteiger partial charge in [-0.1, -0.05) is 0 Å². The lowest BCUT2D eigenvalue weighted by atomic mass is 10.0. The molecule has 3 amide bonds. The van der Waals surface area contributed by atoms with E-state index in [-0.39, 0.29) is 16.7 Å². The first-order valence-electron chi connectivity index (χ1n) is 10.0. The molecule has 2 fully saturated rings. The second-order valence-corrected chi connectivity index (χ2v) is 11.2. The Balaban J connectivity index is 2.11. The van der Waals surface area contributed by atoms with Crippen LogP contribution in [-0.2, 0) is 19.1 Å². The van der Waals surface area contributed by atoms with Gasteiger partial charge in [-0.15, -0.1) is 11.8 Å². The van der Waals surface area contributed by atoms with Gasteiger partial charge in [-0.2, -0.15) is 0 Å². The van der Waals surface area contributed by atoms with E-state index in [9.17, 15) is 14.4 Å². The summed E-state index contributed by atoms with van der Waals surface area (Å²) in [5.41, 5.74) is -1.15. The lowest BCUT2D eigenvalue weighted by molar-refractivity contribution is -0.153. The third kappa shape index (κ3) is 6.01. The van der Waals surface area contributed by atoms with Crippen molar-refractivity contribution >= 4 is 29.7 Å². The van der Waals surface area contributed by atoms with Gasteiger partial charge in [0, 0.05) is 19.2 Å². The van der Waals surface area contributed by atoms with Crippen LogP contribution in [-0.4, -0.2) is 81.3 Å². The summed E-state index contributed by atoms with van der Waals surface area (Å²) in [4.78, 5) is 40.7. The van der Waals surface area contributed by atoms with Gasteiger partial charge >= 0.3 is 6.09 Å². The molecule has 166 valence electrons. The fourth-order valence-corrected chi connectivity index (χ4v) is 5.18. The molecule has 1 spiro atoms. The maximum absolute atomic E-state index is 13.2. The van der Waals surface area contributed by atoms with Gasteiger partial charge in [-0.3, -0.25) is 9.59 Å². The van der Waals surface area contributed by atoms with Crippen LogP contribution in [0.3, 0.4) is 0 Å². The van der Waals surface area contributed by atoms with E-state index >= 15 is 0 Å². The first-order chi connectivity index (χ1) is 13.1. The van der Waals surface area contributed by atoms with Crippen LogP contribution in [0.1, 0.15) is 55.4 Å². The summed E-state index contributed by atoms with van der Waals surface area (Å²) in [6.07, 6.45) is -1.21. The SMILES string of the molecule is CC(=O)N1CCSC12CN(C(=O)[C@@H](NC(=O)OC(C)(C)C)[C@@H](C)OC(C)(C)C)C2. The maximum Gasteiger partial charge on any atom is 0.408 e. The zero-order chi connectivity index (χ0) is 22.2. The predicted octanol–water partition coefficient (Wildman–Crippen LogP) is 2.22. The van der Waals surface area contributed by atoms with E-state index in [2.05, 4.69) is 5.32 Å². The molecule has 0 aromatic carbocycles. The van der Waals surface area contributed by atoms with Crippen LogP contribution in [0.15, 0.2) is 0 Å². The van der Waals surface area contributed by atoms with Gasteiger partial charge in [0.05, 0.1) is 24.8 Å². The summed E-state index contributed by atoms with van der Waals surface area (Å²) in [7, 11) is 0. The molecule has 2 rings (SSSR count). The van der Waals surface area contributed by atoms with Crippen LogP contribution in [0.25, 0.3) is 0 Å². The van der Waals surface area contributed by atoms with Crippen LogP contribution in [0.5, 0.6) is 0 Å². The van der Waals surface area contributed by atoms with Gasteiger partial charge in [0.25, 0.3) is 0 Å². The first-order valence-corrected chi connectivity index (χ1v) is 11.0. The summed E-state index contributed by atoms with van der Waals surface area (Å²) in [6.45, 7) is 15.9. The molecule has 0 saturated carbocycles. The molecule has 0 bridgehead atoms. The molecule has 2 aliphatic heterocycles. The predicted molar refractivity (Wildman–Crippen MR) is 113 cm³/mol. The Kier molecular flexibility index (Phi) is 6.84. The molecule has 2 heterocycles. The van der Waals surface area contributed by atoms with Crippen LogP contribution in [0.2, 0.25) is 0 Å². The molecule has 2 atom stereocenters. The van der Waals surface area contributed by atoms with Crippen molar-refractivity contribution in [2.75, 3.05) is 25.4 Å². The molecule has 2 aliphatic rings. The van der Waals surface area contributed by atoms with Crippen molar-refractivity contribution in [1.82, 2.24) is 15.1 Å². The Morgan fingerprint density at radius 1 is 1.07 bits per heavy atom. The van der Waals surface area contributed by atoms with Crippen molar-refractivity contribution in [2.45, 2.75) is 83.6 Å². The van der Waals surface area contributed by atoms with Crippen molar-refractivity contribution in [3.05, 3.63) is 0 Å². The van der Waals surface area contributed by atoms with Gasteiger partial charge < -0.3 is 24.6 Å². The average molecular weight is 430 g/mol. The number of ether oxygens (including phenoxy) is 2. The standard InChI is InChI=1S/C20H35N3O5S/c1-13(27-18(3,4)5)15(21-17(26)28-19(6,7)8)16(25)22-11-20(12-22)23(14(2)24)9-10-29-20/h13,15H,9-12H2,1-8H3,(H,21,26)/t13-,15+/m1/s1. The highest BCUT2D eigenvalue weighted by Gasteiger charge is 2.55. The van der Waals surface area contributed by atoms with E-state index in [1.165, 1.54) is 0 Å². The summed E-state index contributed by atoms with van der Waals surface area (Å²) >= 11 is 1.71. The number of nitrogens with one attached hydrogen (secondary N) is 1. The number of nitrogens with zero attached hydrogens (tertiary/aromatic N) is 2. The summed E-state index contributed by atoms with van der Waals surface area (Å²) in [5, 5.41) is 2.69. The van der Waals surface area contributed by atoms with E-state index in [0.717, 1.165) is 5.75 Å². The fourth-order valence-electron chi connectivity index (χ4n) is 3.66. The smallest absolute Gasteiger partial charge is 0.408 e. The lowest BCUT2D eigenvalue weighted by Gasteiger charge is -2.52. The molecular weight excluding hydrogens is 394 g/mol. The molecule has 0 aromatic rings. The Bertz CT molecular complexity index is 649. The minimum absolute atomic E-state index is 0.0231. The number of rotatable bonds is 4. The maximum atomic E-state index is 13.2. The van der Waals surface area contributed by atoms with E-state index in [1.54, 1.807) is 51.3 Å². The minimum Gasteiger partial charge on any atom is -0.444 e. The Morgan fingerprint density at radius 3 is 2.14 bits per heavy atom. The zero-order valence-corrected chi connectivity index (χ0v) is 19.6. The fraction of sp³-hybridized carbons (Fsp3) is 0.850. The molecule has 0 aromatic heterocycles. The van der Waals surface area contributed by atoms with Crippen LogP contribution in [0.4, 0.5) is 4.79 Å². The van der Waals surface area contributed by atoms with Gasteiger partial charge in [-0.25, -0.2) is 4.79 Å². The van der Waals surface area contributed by atoms with E-state index < -0.39 is 29.4 Å². The van der Waals surface area contributed by atoms with Crippen LogP contribution < -0.4 is 5.32 Å². The van der Waals surface area contributed by atoms with Crippen molar-refractivity contribution in [3.63, 3.8) is 0 Å². The number of likely N-dealkylation sites (tertiary alicyclic amines) is 1. The molecule has 9 heteroatoms. The van der Waals surface area contributed by atoms with Gasteiger partial charge in [-0.05, 0) is 48.5 Å². The van der Waals surface area contributed by atoms with E-state index in [0.29, 0.717) is 19.6 Å². The highest BCUT2D eigenvalue weighted by molar-refractivity contribution is 8.01. The monoisotopic (exact) mass is 429 g/mol. The number of amides is 3. The zero-order valence-electron chi connectivity index (χ0n) is 18.8.